The van der Waals surface area contributed by atoms with Crippen molar-refractivity contribution in [3.63, 3.8) is 0 Å². The summed E-state index contributed by atoms with van der Waals surface area (Å²) in [6.45, 7) is 7.82. The largest absolute Gasteiger partial charge is 0.243 e. The van der Waals surface area contributed by atoms with E-state index in [4.69, 9.17) is 0 Å². The monoisotopic (exact) mass is 303 g/mol. The Labute approximate surface area is 128 Å². The van der Waals surface area contributed by atoms with Gasteiger partial charge in [-0.15, -0.1) is 5.92 Å². The number of allylic oxidation sites excluding steroid dienone is 2. The quantitative estimate of drug-likeness (QED) is 0.573. The minimum absolute atomic E-state index is 0.203. The van der Waals surface area contributed by atoms with Crippen LogP contribution >= 0.6 is 0 Å². The summed E-state index contributed by atoms with van der Waals surface area (Å²) in [7, 11) is -3.51. The minimum atomic E-state index is -3.51. The van der Waals surface area contributed by atoms with Gasteiger partial charge in [0.25, 0.3) is 0 Å². The van der Waals surface area contributed by atoms with Gasteiger partial charge in [-0.3, -0.25) is 0 Å². The van der Waals surface area contributed by atoms with Crippen molar-refractivity contribution in [1.29, 1.82) is 0 Å². The number of hydrogen-bond donors (Lipinski definition) is 0. The first-order valence-electron chi connectivity index (χ1n) is 6.76. The van der Waals surface area contributed by atoms with Crippen LogP contribution in [0.25, 0.3) is 0 Å². The maximum atomic E-state index is 12.6. The molecule has 1 aromatic rings. The van der Waals surface area contributed by atoms with Crippen molar-refractivity contribution in [1.82, 2.24) is 4.31 Å². The van der Waals surface area contributed by atoms with Gasteiger partial charge in [0.05, 0.1) is 11.4 Å². The molecule has 3 nitrogen and oxygen atoms in total. The van der Waals surface area contributed by atoms with Crippen molar-refractivity contribution in [3.8, 4) is 11.8 Å². The molecule has 0 aliphatic heterocycles. The number of rotatable bonds is 7. The molecule has 0 unspecified atom stereocenters. The third-order valence-corrected chi connectivity index (χ3v) is 4.77. The van der Waals surface area contributed by atoms with Gasteiger partial charge < -0.3 is 0 Å². The zero-order chi connectivity index (χ0) is 15.7. The SMILES string of the molecule is C=CC=CCCN(CC#CC)S(=O)(=O)c1ccc(C)cc1. The van der Waals surface area contributed by atoms with Crippen LogP contribution in [0.15, 0.2) is 54.0 Å². The predicted octanol–water partition coefficient (Wildman–Crippen LogP) is 3.14. The molecule has 0 fully saturated rings. The Kier molecular flexibility index (Phi) is 6.93. The van der Waals surface area contributed by atoms with Crippen LogP contribution in [-0.2, 0) is 10.0 Å². The van der Waals surface area contributed by atoms with E-state index >= 15 is 0 Å². The van der Waals surface area contributed by atoms with E-state index in [2.05, 4.69) is 18.4 Å². The summed E-state index contributed by atoms with van der Waals surface area (Å²) in [5.41, 5.74) is 1.03. The highest BCUT2D eigenvalue weighted by Crippen LogP contribution is 2.16. The molecule has 1 aromatic carbocycles. The molecule has 4 heteroatoms. The van der Waals surface area contributed by atoms with Gasteiger partial charge >= 0.3 is 0 Å². The molecule has 112 valence electrons. The summed E-state index contributed by atoms with van der Waals surface area (Å²) in [6.07, 6.45) is 6.00. The number of nitrogens with zero attached hydrogens (tertiary/aromatic N) is 1. The minimum Gasteiger partial charge on any atom is -0.207 e. The zero-order valence-electron chi connectivity index (χ0n) is 12.5. The fourth-order valence-corrected chi connectivity index (χ4v) is 3.08. The van der Waals surface area contributed by atoms with Gasteiger partial charge in [-0.1, -0.05) is 48.4 Å². The molecule has 0 aromatic heterocycles. The van der Waals surface area contributed by atoms with Gasteiger partial charge in [0.2, 0.25) is 10.0 Å². The van der Waals surface area contributed by atoms with E-state index in [0.29, 0.717) is 17.9 Å². The molecule has 0 atom stereocenters. The Morgan fingerprint density at radius 2 is 1.95 bits per heavy atom. The van der Waals surface area contributed by atoms with Gasteiger partial charge in [-0.05, 0) is 32.4 Å². The second-order valence-corrected chi connectivity index (χ2v) is 6.47. The highest BCUT2D eigenvalue weighted by Gasteiger charge is 2.22. The summed E-state index contributed by atoms with van der Waals surface area (Å²) >= 11 is 0. The maximum absolute atomic E-state index is 12.6. The lowest BCUT2D eigenvalue weighted by atomic mass is 10.2. The van der Waals surface area contributed by atoms with Crippen molar-refractivity contribution in [2.24, 2.45) is 0 Å². The highest BCUT2D eigenvalue weighted by atomic mass is 32.2. The Morgan fingerprint density at radius 3 is 2.52 bits per heavy atom. The fraction of sp³-hybridized carbons (Fsp3) is 0.294. The van der Waals surface area contributed by atoms with Crippen LogP contribution in [0.4, 0.5) is 0 Å². The Bertz CT molecular complexity index is 646. The first-order chi connectivity index (χ1) is 10.0. The van der Waals surface area contributed by atoms with Gasteiger partial charge in [-0.25, -0.2) is 8.42 Å². The van der Waals surface area contributed by atoms with Crippen molar-refractivity contribution in [3.05, 3.63) is 54.6 Å². The molecular formula is C17H21NO2S. The topological polar surface area (TPSA) is 37.4 Å². The van der Waals surface area contributed by atoms with E-state index in [1.807, 2.05) is 19.1 Å². The molecule has 0 saturated carbocycles. The van der Waals surface area contributed by atoms with Crippen LogP contribution in [0.5, 0.6) is 0 Å². The van der Waals surface area contributed by atoms with E-state index in [9.17, 15) is 8.42 Å². The summed E-state index contributed by atoms with van der Waals surface area (Å²) in [6, 6.07) is 6.87. The van der Waals surface area contributed by atoms with E-state index < -0.39 is 10.0 Å². The Balaban J connectivity index is 2.98. The molecular weight excluding hydrogens is 282 g/mol. The zero-order valence-corrected chi connectivity index (χ0v) is 13.4. The normalized spacial score (nSPS) is 11.4. The van der Waals surface area contributed by atoms with Crippen LogP contribution < -0.4 is 0 Å². The van der Waals surface area contributed by atoms with E-state index in [1.165, 1.54) is 4.31 Å². The van der Waals surface area contributed by atoms with Crippen molar-refractivity contribution in [2.75, 3.05) is 13.1 Å². The molecule has 0 bridgehead atoms. The van der Waals surface area contributed by atoms with Gasteiger partial charge in [0.1, 0.15) is 0 Å². The summed E-state index contributed by atoms with van der Waals surface area (Å²) < 4.78 is 26.7. The van der Waals surface area contributed by atoms with Crippen molar-refractivity contribution >= 4 is 10.0 Å². The Morgan fingerprint density at radius 1 is 1.29 bits per heavy atom. The van der Waals surface area contributed by atoms with Gasteiger partial charge in [0, 0.05) is 6.54 Å². The molecule has 0 amide bonds. The maximum Gasteiger partial charge on any atom is 0.243 e. The van der Waals surface area contributed by atoms with Crippen LogP contribution in [0.1, 0.15) is 18.9 Å². The third-order valence-electron chi connectivity index (χ3n) is 2.91. The number of aryl methyl sites for hydroxylation is 1. The molecule has 0 aliphatic carbocycles. The van der Waals surface area contributed by atoms with E-state index in [0.717, 1.165) is 5.56 Å². The summed E-state index contributed by atoms with van der Waals surface area (Å²) in [5.74, 6) is 5.57. The molecule has 0 aliphatic rings. The highest BCUT2D eigenvalue weighted by molar-refractivity contribution is 7.89. The number of hydrogen-bond acceptors (Lipinski definition) is 2. The molecule has 0 radical (unpaired) electrons. The Hall–Kier alpha value is -1.83. The second kappa shape index (κ2) is 8.46. The summed E-state index contributed by atoms with van der Waals surface area (Å²) in [5, 5.41) is 0. The molecule has 0 saturated heterocycles. The molecule has 0 spiro atoms. The lowest BCUT2D eigenvalue weighted by Crippen LogP contribution is -2.32. The fourth-order valence-electron chi connectivity index (χ4n) is 1.72. The van der Waals surface area contributed by atoms with Crippen LogP contribution in [-0.4, -0.2) is 25.8 Å². The van der Waals surface area contributed by atoms with E-state index in [1.54, 1.807) is 37.3 Å². The number of benzene rings is 1. The van der Waals surface area contributed by atoms with Gasteiger partial charge in [-0.2, -0.15) is 4.31 Å². The second-order valence-electron chi connectivity index (χ2n) is 4.53. The lowest BCUT2D eigenvalue weighted by Gasteiger charge is -2.19. The average Bonchev–Trinajstić information content (AvgIpc) is 2.46. The summed E-state index contributed by atoms with van der Waals surface area (Å²) in [4.78, 5) is 0.304. The van der Waals surface area contributed by atoms with Gasteiger partial charge in [0.15, 0.2) is 0 Å². The third kappa shape index (κ3) is 5.22. The van der Waals surface area contributed by atoms with Crippen LogP contribution in [0.3, 0.4) is 0 Å². The smallest absolute Gasteiger partial charge is 0.207 e. The standard InChI is InChI=1S/C17H21NO2S/c1-4-6-8-9-15-18(14-7-5-2)21(19,20)17-12-10-16(3)11-13-17/h4,6,8,10-13H,1,9,14-15H2,2-3H3. The van der Waals surface area contributed by atoms with Crippen LogP contribution in [0, 0.1) is 18.8 Å². The van der Waals surface area contributed by atoms with Crippen LogP contribution in [0.2, 0.25) is 0 Å². The van der Waals surface area contributed by atoms with Crippen molar-refractivity contribution in [2.45, 2.75) is 25.2 Å². The molecule has 21 heavy (non-hydrogen) atoms. The first-order valence-corrected chi connectivity index (χ1v) is 8.20. The van der Waals surface area contributed by atoms with E-state index in [-0.39, 0.29) is 6.54 Å². The molecule has 0 heterocycles. The number of sulfonamides is 1. The molecule has 1 rings (SSSR count). The lowest BCUT2D eigenvalue weighted by molar-refractivity contribution is 0.452. The van der Waals surface area contributed by atoms with Crippen molar-refractivity contribution < 1.29 is 8.42 Å². The average molecular weight is 303 g/mol. The first kappa shape index (κ1) is 17.2. The predicted molar refractivity (Wildman–Crippen MR) is 87.3 cm³/mol. The molecule has 0 N–H and O–H groups in total.